The van der Waals surface area contributed by atoms with Crippen molar-refractivity contribution in [3.8, 4) is 5.75 Å². The second-order valence-electron chi connectivity index (χ2n) is 6.21. The fourth-order valence-electron chi connectivity index (χ4n) is 2.66. The van der Waals surface area contributed by atoms with E-state index in [1.54, 1.807) is 48.5 Å². The molecule has 0 aliphatic rings. The molecule has 3 rings (SSSR count). The van der Waals surface area contributed by atoms with Crippen molar-refractivity contribution >= 4 is 23.4 Å². The van der Waals surface area contributed by atoms with Crippen LogP contribution in [0.5, 0.6) is 5.75 Å². The van der Waals surface area contributed by atoms with Crippen LogP contribution in [0.1, 0.15) is 34.2 Å². The van der Waals surface area contributed by atoms with Crippen LogP contribution in [-0.2, 0) is 4.74 Å². The van der Waals surface area contributed by atoms with E-state index in [0.717, 1.165) is 5.56 Å². The van der Waals surface area contributed by atoms with Gasteiger partial charge in [0.05, 0.1) is 18.4 Å². The van der Waals surface area contributed by atoms with Gasteiger partial charge in [-0.15, -0.1) is 0 Å². The highest BCUT2D eigenvalue weighted by Gasteiger charge is 2.15. The fourth-order valence-corrected chi connectivity index (χ4v) is 2.66. The molecular weight excluding hydrogens is 370 g/mol. The maximum absolute atomic E-state index is 12.8. The fraction of sp³-hybridized carbons (Fsp3) is 0.136. The van der Waals surface area contributed by atoms with E-state index in [-0.39, 0.29) is 23.5 Å². The average molecular weight is 391 g/mol. The number of anilines is 1. The summed E-state index contributed by atoms with van der Waals surface area (Å²) in [4.78, 5) is 12.8. The summed E-state index contributed by atoms with van der Waals surface area (Å²) in [5.74, 6) is -0.0782. The Balaban J connectivity index is 1.74. The van der Waals surface area contributed by atoms with E-state index in [2.05, 4.69) is 5.32 Å². The van der Waals surface area contributed by atoms with Crippen LogP contribution >= 0.6 is 0 Å². The van der Waals surface area contributed by atoms with Gasteiger partial charge in [0.15, 0.2) is 5.76 Å². The summed E-state index contributed by atoms with van der Waals surface area (Å²) in [7, 11) is 0. The van der Waals surface area contributed by atoms with Crippen LogP contribution in [0.4, 0.5) is 5.69 Å². The normalized spacial score (nSPS) is 10.3. The summed E-state index contributed by atoms with van der Waals surface area (Å²) in [5.41, 5.74) is 2.28. The van der Waals surface area contributed by atoms with Gasteiger partial charge in [-0.3, -0.25) is 15.6 Å². The van der Waals surface area contributed by atoms with Crippen LogP contribution < -0.4 is 10.1 Å². The van der Waals surface area contributed by atoms with Gasteiger partial charge in [-0.05, 0) is 56.3 Å². The van der Waals surface area contributed by atoms with E-state index in [0.29, 0.717) is 29.2 Å². The minimum absolute atomic E-state index is 0.224. The molecule has 3 aromatic rings. The third kappa shape index (κ3) is 4.90. The van der Waals surface area contributed by atoms with Gasteiger partial charge in [-0.25, -0.2) is 0 Å². The number of hydrogen-bond acceptors (Lipinski definition) is 6. The molecule has 0 bridgehead atoms. The Hall–Kier alpha value is -3.87. The minimum Gasteiger partial charge on any atom is -0.493 e. The Morgan fingerprint density at radius 2 is 1.90 bits per heavy atom. The lowest BCUT2D eigenvalue weighted by atomic mass is 10.1. The predicted octanol–water partition coefficient (Wildman–Crippen LogP) is 4.61. The molecule has 148 valence electrons. The van der Waals surface area contributed by atoms with E-state index in [9.17, 15) is 4.79 Å². The molecule has 0 aliphatic carbocycles. The number of amides is 1. The van der Waals surface area contributed by atoms with Crippen LogP contribution in [0.3, 0.4) is 0 Å². The average Bonchev–Trinajstić information content (AvgIpc) is 3.24. The zero-order valence-electron chi connectivity index (χ0n) is 16.1. The van der Waals surface area contributed by atoms with Gasteiger partial charge < -0.3 is 19.2 Å². The van der Waals surface area contributed by atoms with Crippen molar-refractivity contribution in [1.29, 1.82) is 10.8 Å². The van der Waals surface area contributed by atoms with Crippen LogP contribution in [0.2, 0.25) is 0 Å². The number of carbonyl (C=O) groups excluding carboxylic acids is 1. The van der Waals surface area contributed by atoms with Crippen LogP contribution in [0, 0.1) is 17.7 Å². The van der Waals surface area contributed by atoms with Gasteiger partial charge in [-0.1, -0.05) is 17.7 Å². The molecule has 29 heavy (non-hydrogen) atoms. The molecule has 0 unspecified atom stereocenters. The molecule has 1 heterocycles. The monoisotopic (exact) mass is 391 g/mol. The van der Waals surface area contributed by atoms with Gasteiger partial charge in [0.1, 0.15) is 5.75 Å². The summed E-state index contributed by atoms with van der Waals surface area (Å²) in [6, 6.07) is 15.3. The van der Waals surface area contributed by atoms with E-state index < -0.39 is 0 Å². The molecule has 0 atom stereocenters. The van der Waals surface area contributed by atoms with Crippen molar-refractivity contribution in [2.75, 3.05) is 11.9 Å². The van der Waals surface area contributed by atoms with Crippen molar-refractivity contribution < 1.29 is 18.7 Å². The number of benzene rings is 2. The lowest BCUT2D eigenvalue weighted by Crippen LogP contribution is -2.15. The lowest BCUT2D eigenvalue weighted by Gasteiger charge is -2.12. The molecule has 0 saturated carbocycles. The number of carbonyl (C=O) groups is 1. The highest BCUT2D eigenvalue weighted by atomic mass is 16.5. The Morgan fingerprint density at radius 3 is 2.62 bits per heavy atom. The number of hydrogen-bond donors (Lipinski definition) is 3. The highest BCUT2D eigenvalue weighted by Crippen LogP contribution is 2.22. The minimum atomic E-state index is -0.315. The van der Waals surface area contributed by atoms with E-state index in [1.807, 2.05) is 19.9 Å². The van der Waals surface area contributed by atoms with Crippen LogP contribution in [0.25, 0.3) is 0 Å². The molecule has 7 heteroatoms. The molecule has 0 spiro atoms. The summed E-state index contributed by atoms with van der Waals surface area (Å²) in [6.45, 7) is 4.21. The van der Waals surface area contributed by atoms with E-state index >= 15 is 0 Å². The molecule has 0 radical (unpaired) electrons. The molecule has 0 saturated heterocycles. The molecule has 1 aromatic heterocycles. The number of ether oxygens (including phenoxy) is 2. The molecule has 2 aromatic carbocycles. The quantitative estimate of drug-likeness (QED) is 0.421. The summed E-state index contributed by atoms with van der Waals surface area (Å²) in [6.07, 6.45) is 1.43. The van der Waals surface area contributed by atoms with Gasteiger partial charge in [0.25, 0.3) is 11.8 Å². The molecule has 7 nitrogen and oxygen atoms in total. The number of furan rings is 1. The van der Waals surface area contributed by atoms with Crippen molar-refractivity contribution in [3.05, 3.63) is 83.3 Å². The first-order valence-corrected chi connectivity index (χ1v) is 9.02. The first-order chi connectivity index (χ1) is 14.0. The Bertz CT molecular complexity index is 1040. The number of nitrogens with one attached hydrogen (secondary N) is 3. The van der Waals surface area contributed by atoms with Gasteiger partial charge in [0, 0.05) is 11.3 Å². The molecular formula is C22H21N3O4. The molecule has 1 amide bonds. The first kappa shape index (κ1) is 19.9. The third-order valence-corrected chi connectivity index (χ3v) is 4.01. The second-order valence-corrected chi connectivity index (χ2v) is 6.21. The third-order valence-electron chi connectivity index (χ3n) is 4.01. The van der Waals surface area contributed by atoms with Gasteiger partial charge >= 0.3 is 0 Å². The topological polar surface area (TPSA) is 108 Å². The van der Waals surface area contributed by atoms with E-state index in [4.69, 9.17) is 24.7 Å². The molecule has 0 aliphatic heterocycles. The Morgan fingerprint density at radius 1 is 1.07 bits per heavy atom. The van der Waals surface area contributed by atoms with E-state index in [1.165, 1.54) is 6.26 Å². The van der Waals surface area contributed by atoms with Gasteiger partial charge in [0.2, 0.25) is 5.90 Å². The summed E-state index contributed by atoms with van der Waals surface area (Å²) < 4.78 is 15.9. The lowest BCUT2D eigenvalue weighted by molar-refractivity contribution is 0.102. The molecule has 0 fully saturated rings. The number of rotatable bonds is 6. The van der Waals surface area contributed by atoms with Crippen LogP contribution in [0.15, 0.2) is 65.3 Å². The zero-order chi connectivity index (χ0) is 20.8. The Kier molecular flexibility index (Phi) is 6.09. The maximum Gasteiger partial charge on any atom is 0.259 e. The van der Waals surface area contributed by atoms with Crippen LogP contribution in [-0.4, -0.2) is 24.3 Å². The van der Waals surface area contributed by atoms with Crippen molar-refractivity contribution in [1.82, 2.24) is 0 Å². The van der Waals surface area contributed by atoms with Crippen molar-refractivity contribution in [3.63, 3.8) is 0 Å². The van der Waals surface area contributed by atoms with Crippen molar-refractivity contribution in [2.45, 2.75) is 13.8 Å². The van der Waals surface area contributed by atoms with Crippen molar-refractivity contribution in [2.24, 2.45) is 0 Å². The standard InChI is InChI=1S/C22H21N3O4/c1-3-27-18-10-9-14(2)12-17(18)22(26)25-16-7-4-6-15(13-16)20(23)29-21(24)19-8-5-11-28-19/h4-13,23-24H,3H2,1-2H3,(H,25,26). The maximum atomic E-state index is 12.8. The summed E-state index contributed by atoms with van der Waals surface area (Å²) >= 11 is 0. The zero-order valence-corrected chi connectivity index (χ0v) is 16.1. The summed E-state index contributed by atoms with van der Waals surface area (Å²) in [5, 5.41) is 18.8. The first-order valence-electron chi connectivity index (χ1n) is 9.02. The van der Waals surface area contributed by atoms with Gasteiger partial charge in [-0.2, -0.15) is 0 Å². The highest BCUT2D eigenvalue weighted by molar-refractivity contribution is 6.07. The Labute approximate surface area is 168 Å². The predicted molar refractivity (Wildman–Crippen MR) is 110 cm³/mol. The SMILES string of the molecule is CCOc1ccc(C)cc1C(=O)Nc1cccc(C(=N)OC(=N)c2ccco2)c1. The molecule has 3 N–H and O–H groups in total. The second kappa shape index (κ2) is 8.88. The number of aryl methyl sites for hydroxylation is 1. The largest absolute Gasteiger partial charge is 0.493 e. The smallest absolute Gasteiger partial charge is 0.259 e.